The molecule has 1 spiro atoms. The van der Waals surface area contributed by atoms with Crippen LogP contribution in [0.25, 0.3) is 11.0 Å². The van der Waals surface area contributed by atoms with E-state index in [1.807, 2.05) is 6.07 Å². The molecule has 0 amide bonds. The fourth-order valence-electron chi connectivity index (χ4n) is 4.55. The van der Waals surface area contributed by atoms with Crippen LogP contribution in [0.4, 0.5) is 17.5 Å². The Kier molecular flexibility index (Phi) is 4.30. The summed E-state index contributed by atoms with van der Waals surface area (Å²) in [6, 6.07) is 8.22. The van der Waals surface area contributed by atoms with Crippen molar-refractivity contribution in [3.8, 4) is 0 Å². The Morgan fingerprint density at radius 3 is 2.60 bits per heavy atom. The number of aromatic nitrogens is 3. The first kappa shape index (κ1) is 19.0. The van der Waals surface area contributed by atoms with Crippen molar-refractivity contribution < 1.29 is 8.42 Å². The van der Waals surface area contributed by atoms with Crippen molar-refractivity contribution in [2.45, 2.75) is 49.5 Å². The highest BCUT2D eigenvalue weighted by Gasteiger charge is 2.41. The summed E-state index contributed by atoms with van der Waals surface area (Å²) in [5, 5.41) is 13.8. The molecular weight excluding hydrogens is 402 g/mol. The van der Waals surface area contributed by atoms with Crippen LogP contribution in [-0.2, 0) is 15.6 Å². The minimum absolute atomic E-state index is 0.0603. The van der Waals surface area contributed by atoms with Crippen molar-refractivity contribution in [3.63, 3.8) is 0 Å². The van der Waals surface area contributed by atoms with Crippen LogP contribution < -0.4 is 15.9 Å². The molecule has 0 bridgehead atoms. The zero-order chi connectivity index (χ0) is 20.9. The molecule has 0 atom stereocenters. The number of anilines is 3. The second-order valence-corrected chi connectivity index (χ2v) is 9.49. The van der Waals surface area contributed by atoms with Crippen LogP contribution in [0.2, 0.25) is 0 Å². The van der Waals surface area contributed by atoms with Gasteiger partial charge in [0.15, 0.2) is 0 Å². The Morgan fingerprint density at radius 2 is 1.90 bits per heavy atom. The molecule has 4 N–H and O–H groups in total. The van der Waals surface area contributed by atoms with E-state index in [1.165, 1.54) is 31.4 Å². The third-order valence-corrected chi connectivity index (χ3v) is 7.03. The maximum atomic E-state index is 11.4. The molecule has 1 aromatic carbocycles. The summed E-state index contributed by atoms with van der Waals surface area (Å²) in [5.74, 6) is 1.37. The number of rotatable bonds is 3. The average molecular weight is 426 g/mol. The van der Waals surface area contributed by atoms with E-state index < -0.39 is 10.0 Å². The van der Waals surface area contributed by atoms with E-state index in [0.29, 0.717) is 11.6 Å². The van der Waals surface area contributed by atoms with E-state index in [1.54, 1.807) is 18.3 Å². The summed E-state index contributed by atoms with van der Waals surface area (Å²) in [6.45, 7) is 2.08. The first-order chi connectivity index (χ1) is 14.4. The van der Waals surface area contributed by atoms with Crippen LogP contribution >= 0.6 is 0 Å². The lowest BCUT2D eigenvalue weighted by Gasteiger charge is -2.42. The molecule has 1 fully saturated rings. The number of hydrogen-bond acceptors (Lipinski definition) is 7. The van der Waals surface area contributed by atoms with Gasteiger partial charge in [0.1, 0.15) is 11.5 Å². The molecule has 10 heteroatoms. The predicted octanol–water partition coefficient (Wildman–Crippen LogP) is 3.28. The van der Waals surface area contributed by atoms with E-state index in [2.05, 4.69) is 32.3 Å². The number of benzene rings is 1. The minimum Gasteiger partial charge on any atom is -0.324 e. The fourth-order valence-corrected chi connectivity index (χ4v) is 5.07. The lowest BCUT2D eigenvalue weighted by atomic mass is 9.78. The van der Waals surface area contributed by atoms with Gasteiger partial charge in [0.05, 0.1) is 16.1 Å². The fraction of sp³-hybridized carbons (Fsp3) is 0.350. The second kappa shape index (κ2) is 6.78. The number of nitrogens with two attached hydrogens (primary N) is 1. The lowest BCUT2D eigenvalue weighted by Crippen LogP contribution is -2.45. The highest BCUT2D eigenvalue weighted by Crippen LogP contribution is 2.43. The zero-order valence-electron chi connectivity index (χ0n) is 16.6. The van der Waals surface area contributed by atoms with Crippen molar-refractivity contribution in [3.05, 3.63) is 36.5 Å². The van der Waals surface area contributed by atoms with Crippen LogP contribution in [-0.4, -0.2) is 28.7 Å². The molecule has 2 aromatic heterocycles. The molecular formula is C20H23N7O2S. The number of hydrogen-bond donors (Lipinski definition) is 3. The Bertz CT molecular complexity index is 1260. The van der Waals surface area contributed by atoms with Crippen molar-refractivity contribution >= 4 is 44.2 Å². The number of sulfonamides is 1. The second-order valence-electron chi connectivity index (χ2n) is 7.93. The number of fused-ring (bicyclic) bond motifs is 4. The van der Waals surface area contributed by atoms with Gasteiger partial charge in [-0.2, -0.15) is 10.1 Å². The van der Waals surface area contributed by atoms with Crippen molar-refractivity contribution in [1.29, 1.82) is 0 Å². The molecule has 3 heterocycles. The van der Waals surface area contributed by atoms with Gasteiger partial charge in [0.2, 0.25) is 16.0 Å². The maximum Gasteiger partial charge on any atom is 0.238 e. The zero-order valence-corrected chi connectivity index (χ0v) is 17.4. The maximum absolute atomic E-state index is 11.4. The molecule has 0 radical (unpaired) electrons. The molecule has 156 valence electrons. The molecule has 1 saturated carbocycles. The third-order valence-electron chi connectivity index (χ3n) is 6.10. The van der Waals surface area contributed by atoms with E-state index in [-0.39, 0.29) is 10.4 Å². The van der Waals surface area contributed by atoms with Gasteiger partial charge in [-0.05, 0) is 50.1 Å². The number of primary sulfonamides is 1. The Hall–Kier alpha value is -2.98. The molecule has 30 heavy (non-hydrogen) atoms. The first-order valence-electron chi connectivity index (χ1n) is 9.96. The van der Waals surface area contributed by atoms with Crippen LogP contribution in [0.3, 0.4) is 0 Å². The van der Waals surface area contributed by atoms with Gasteiger partial charge in [-0.25, -0.2) is 18.5 Å². The van der Waals surface area contributed by atoms with Gasteiger partial charge in [-0.1, -0.05) is 19.3 Å². The molecule has 1 aliphatic carbocycles. The standard InChI is InChI=1S/C20H23N7O2S/c1-13-20(9-3-2-4-10-20)27-17(26-25-13)11-14-12-22-19(24-18(14)27)23-15-5-7-16(8-6-15)30(21,28)29/h5-8,11-12,26H,2-4,9-10H2,1H3,(H2,21,28,29)(H,22,23,24). The van der Waals surface area contributed by atoms with E-state index in [9.17, 15) is 8.42 Å². The van der Waals surface area contributed by atoms with Crippen LogP contribution in [0.1, 0.15) is 39.0 Å². The summed E-state index contributed by atoms with van der Waals surface area (Å²) in [4.78, 5) is 9.29. The Morgan fingerprint density at radius 1 is 1.17 bits per heavy atom. The smallest absolute Gasteiger partial charge is 0.238 e. The van der Waals surface area contributed by atoms with Crippen LogP contribution in [0.5, 0.6) is 0 Å². The highest BCUT2D eigenvalue weighted by molar-refractivity contribution is 7.89. The van der Waals surface area contributed by atoms with Crippen LogP contribution in [0.15, 0.2) is 46.5 Å². The van der Waals surface area contributed by atoms with Gasteiger partial charge in [0.25, 0.3) is 0 Å². The van der Waals surface area contributed by atoms with E-state index in [0.717, 1.165) is 35.4 Å². The first-order valence-corrected chi connectivity index (χ1v) is 11.5. The number of hydrazone groups is 1. The van der Waals surface area contributed by atoms with Crippen LogP contribution in [0, 0.1) is 0 Å². The molecule has 1 aliphatic heterocycles. The molecule has 5 rings (SSSR count). The quantitative estimate of drug-likeness (QED) is 0.591. The Labute approximate surface area is 174 Å². The van der Waals surface area contributed by atoms with Gasteiger partial charge >= 0.3 is 0 Å². The van der Waals surface area contributed by atoms with Gasteiger partial charge in [0, 0.05) is 17.3 Å². The van der Waals surface area contributed by atoms with Crippen molar-refractivity contribution in [2.24, 2.45) is 10.2 Å². The molecule has 3 aromatic rings. The van der Waals surface area contributed by atoms with E-state index in [4.69, 9.17) is 10.1 Å². The minimum atomic E-state index is -3.73. The average Bonchev–Trinajstić information content (AvgIpc) is 3.10. The summed E-state index contributed by atoms with van der Waals surface area (Å²) in [7, 11) is -3.73. The van der Waals surface area contributed by atoms with Crippen molar-refractivity contribution in [1.82, 2.24) is 14.5 Å². The largest absolute Gasteiger partial charge is 0.324 e. The predicted molar refractivity (Wildman–Crippen MR) is 116 cm³/mol. The Balaban J connectivity index is 1.54. The lowest BCUT2D eigenvalue weighted by molar-refractivity contribution is 0.285. The SMILES string of the molecule is CC1=NNc2cc3cnc(Nc4ccc(S(N)(=O)=O)cc4)nc3n2C12CCCCC2. The van der Waals surface area contributed by atoms with E-state index >= 15 is 0 Å². The summed E-state index contributed by atoms with van der Waals surface area (Å²) in [5.41, 5.74) is 5.62. The number of nitrogens with one attached hydrogen (secondary N) is 2. The molecule has 0 saturated heterocycles. The number of nitrogens with zero attached hydrogens (tertiary/aromatic N) is 4. The van der Waals surface area contributed by atoms with Gasteiger partial charge in [-0.15, -0.1) is 0 Å². The molecule has 9 nitrogen and oxygen atoms in total. The monoisotopic (exact) mass is 425 g/mol. The van der Waals surface area contributed by atoms with Gasteiger partial charge in [-0.3, -0.25) is 9.99 Å². The highest BCUT2D eigenvalue weighted by atomic mass is 32.2. The third kappa shape index (κ3) is 3.03. The molecule has 2 aliphatic rings. The topological polar surface area (TPSA) is 127 Å². The molecule has 0 unspecified atom stereocenters. The normalized spacial score (nSPS) is 18.0. The summed E-state index contributed by atoms with van der Waals surface area (Å²) >= 11 is 0. The van der Waals surface area contributed by atoms with Crippen molar-refractivity contribution in [2.75, 3.05) is 10.7 Å². The van der Waals surface area contributed by atoms with Gasteiger partial charge < -0.3 is 5.32 Å². The summed E-state index contributed by atoms with van der Waals surface area (Å²) < 4.78 is 25.2. The summed E-state index contributed by atoms with van der Waals surface area (Å²) in [6.07, 6.45) is 7.46.